The highest BCUT2D eigenvalue weighted by Gasteiger charge is 2.21. The molecule has 0 saturated carbocycles. The number of hydrogen-bond acceptors (Lipinski definition) is 7. The highest BCUT2D eigenvalue weighted by molar-refractivity contribution is 5.83. The first-order chi connectivity index (χ1) is 15.0. The summed E-state index contributed by atoms with van der Waals surface area (Å²) in [6, 6.07) is 14.6. The number of imidazole rings is 1. The van der Waals surface area contributed by atoms with Crippen molar-refractivity contribution in [2.45, 2.75) is 25.9 Å². The number of allylic oxidation sites excluding steroid dienone is 1. The molecule has 8 heteroatoms. The van der Waals surface area contributed by atoms with Gasteiger partial charge in [-0.15, -0.1) is 0 Å². The molecule has 8 nitrogen and oxygen atoms in total. The monoisotopic (exact) mass is 421 g/mol. The molecular weight excluding hydrogens is 398 g/mol. The second-order valence-electron chi connectivity index (χ2n) is 6.80. The largest absolute Gasteiger partial charge is 0.507 e. The van der Waals surface area contributed by atoms with E-state index in [1.165, 1.54) is 6.92 Å². The number of aromatic amines is 1. The Labute approximate surface area is 179 Å². The van der Waals surface area contributed by atoms with Crippen molar-refractivity contribution < 1.29 is 24.1 Å². The number of esters is 1. The molecule has 0 fully saturated rings. The quantitative estimate of drug-likeness (QED) is 0.321. The SMILES string of the molecule is COc1ccc(CCC(=O)O[C@@H](C)/C(O)=C(\C#N)c2nc3ccccc3[nH]2)cc1OC. The molecule has 0 aliphatic carbocycles. The Kier molecular flexibility index (Phi) is 6.78. The maximum absolute atomic E-state index is 12.3. The summed E-state index contributed by atoms with van der Waals surface area (Å²) >= 11 is 0. The number of carbonyl (C=O) groups is 1. The number of hydrogen-bond donors (Lipinski definition) is 2. The van der Waals surface area contributed by atoms with Gasteiger partial charge in [-0.05, 0) is 43.2 Å². The number of methoxy groups -OCH3 is 2. The van der Waals surface area contributed by atoms with Crippen molar-refractivity contribution in [3.63, 3.8) is 0 Å². The van der Waals surface area contributed by atoms with Gasteiger partial charge in [0.25, 0.3) is 0 Å². The summed E-state index contributed by atoms with van der Waals surface area (Å²) in [6.45, 7) is 1.50. The van der Waals surface area contributed by atoms with Gasteiger partial charge in [0.1, 0.15) is 11.6 Å². The van der Waals surface area contributed by atoms with Crippen LogP contribution in [0.1, 0.15) is 24.7 Å². The fourth-order valence-corrected chi connectivity index (χ4v) is 3.10. The highest BCUT2D eigenvalue weighted by Crippen LogP contribution is 2.28. The van der Waals surface area contributed by atoms with E-state index < -0.39 is 12.1 Å². The van der Waals surface area contributed by atoms with Gasteiger partial charge in [0, 0.05) is 6.42 Å². The average Bonchev–Trinajstić information content (AvgIpc) is 3.21. The van der Waals surface area contributed by atoms with Crippen LogP contribution in [0.5, 0.6) is 11.5 Å². The number of aliphatic hydroxyl groups is 1. The lowest BCUT2D eigenvalue weighted by atomic mass is 10.1. The fraction of sp³-hybridized carbons (Fsp3) is 0.261. The molecular formula is C23H23N3O5. The molecule has 3 rings (SSSR count). The van der Waals surface area contributed by atoms with E-state index in [1.54, 1.807) is 32.4 Å². The van der Waals surface area contributed by atoms with Gasteiger partial charge < -0.3 is 24.3 Å². The third-order valence-electron chi connectivity index (χ3n) is 4.75. The molecule has 0 aliphatic heterocycles. The number of aliphatic hydroxyl groups excluding tert-OH is 1. The Balaban J connectivity index is 1.67. The number of benzene rings is 2. The predicted octanol–water partition coefficient (Wildman–Crippen LogP) is 3.94. The van der Waals surface area contributed by atoms with Gasteiger partial charge in [-0.3, -0.25) is 4.79 Å². The fourth-order valence-electron chi connectivity index (χ4n) is 3.10. The van der Waals surface area contributed by atoms with Crippen LogP contribution >= 0.6 is 0 Å². The van der Waals surface area contributed by atoms with E-state index in [0.717, 1.165) is 11.1 Å². The van der Waals surface area contributed by atoms with Crippen molar-refractivity contribution in [2.75, 3.05) is 14.2 Å². The van der Waals surface area contributed by atoms with E-state index in [9.17, 15) is 15.2 Å². The number of carbonyl (C=O) groups excluding carboxylic acids is 1. The Morgan fingerprint density at radius 2 is 1.94 bits per heavy atom. The Morgan fingerprint density at radius 3 is 2.61 bits per heavy atom. The molecule has 1 aromatic heterocycles. The zero-order chi connectivity index (χ0) is 22.4. The molecule has 0 radical (unpaired) electrons. The molecule has 160 valence electrons. The second kappa shape index (κ2) is 9.67. The predicted molar refractivity (Wildman–Crippen MR) is 115 cm³/mol. The molecule has 0 saturated heterocycles. The normalized spacial score (nSPS) is 12.6. The summed E-state index contributed by atoms with van der Waals surface area (Å²) in [5.74, 6) is 0.533. The van der Waals surface area contributed by atoms with Crippen LogP contribution < -0.4 is 9.47 Å². The van der Waals surface area contributed by atoms with Crippen molar-refractivity contribution >= 4 is 22.6 Å². The van der Waals surface area contributed by atoms with Crippen LogP contribution in [0.15, 0.2) is 48.2 Å². The summed E-state index contributed by atoms with van der Waals surface area (Å²) in [5, 5.41) is 20.0. The lowest BCUT2D eigenvalue weighted by molar-refractivity contribution is -0.147. The molecule has 0 bridgehead atoms. The topological polar surface area (TPSA) is 117 Å². The molecule has 3 aromatic rings. The van der Waals surface area contributed by atoms with Gasteiger partial charge in [0.2, 0.25) is 0 Å². The Morgan fingerprint density at radius 1 is 1.19 bits per heavy atom. The number of rotatable bonds is 8. The first kappa shape index (κ1) is 21.7. The minimum absolute atomic E-state index is 0.0728. The minimum atomic E-state index is -0.999. The van der Waals surface area contributed by atoms with E-state index >= 15 is 0 Å². The van der Waals surface area contributed by atoms with Crippen LogP contribution in [0.3, 0.4) is 0 Å². The van der Waals surface area contributed by atoms with Crippen molar-refractivity contribution in [2.24, 2.45) is 0 Å². The van der Waals surface area contributed by atoms with Crippen molar-refractivity contribution in [3.8, 4) is 17.6 Å². The molecule has 2 N–H and O–H groups in total. The average molecular weight is 421 g/mol. The molecule has 1 heterocycles. The summed E-state index contributed by atoms with van der Waals surface area (Å²) in [6.07, 6.45) is -0.481. The third-order valence-corrected chi connectivity index (χ3v) is 4.75. The van der Waals surface area contributed by atoms with E-state index in [4.69, 9.17) is 14.2 Å². The highest BCUT2D eigenvalue weighted by atomic mass is 16.6. The van der Waals surface area contributed by atoms with Gasteiger partial charge in [-0.1, -0.05) is 18.2 Å². The first-order valence-electron chi connectivity index (χ1n) is 9.65. The third kappa shape index (κ3) is 4.95. The van der Waals surface area contributed by atoms with Crippen LogP contribution in [0.2, 0.25) is 0 Å². The molecule has 1 atom stereocenters. The van der Waals surface area contributed by atoms with Crippen molar-refractivity contribution in [3.05, 3.63) is 59.6 Å². The lowest BCUT2D eigenvalue weighted by Gasteiger charge is -2.14. The Bertz CT molecular complexity index is 1130. The van der Waals surface area contributed by atoms with E-state index in [-0.39, 0.29) is 23.6 Å². The van der Waals surface area contributed by atoms with Crippen LogP contribution in [0.25, 0.3) is 16.6 Å². The van der Waals surface area contributed by atoms with Crippen LogP contribution in [-0.4, -0.2) is 41.4 Å². The number of fused-ring (bicyclic) bond motifs is 1. The maximum atomic E-state index is 12.3. The first-order valence-corrected chi connectivity index (χ1v) is 9.65. The van der Waals surface area contributed by atoms with Gasteiger partial charge in [0.15, 0.2) is 29.2 Å². The van der Waals surface area contributed by atoms with Crippen molar-refractivity contribution in [1.82, 2.24) is 9.97 Å². The zero-order valence-electron chi connectivity index (χ0n) is 17.5. The number of H-pyrrole nitrogens is 1. The number of nitrogens with one attached hydrogen (secondary N) is 1. The zero-order valence-corrected chi connectivity index (χ0v) is 17.5. The summed E-state index contributed by atoms with van der Waals surface area (Å²) in [4.78, 5) is 19.6. The second-order valence-corrected chi connectivity index (χ2v) is 6.80. The Hall–Kier alpha value is -3.99. The number of para-hydroxylation sites is 2. The molecule has 0 aliphatic rings. The van der Waals surface area contributed by atoms with Gasteiger partial charge in [-0.25, -0.2) is 4.98 Å². The molecule has 0 amide bonds. The van der Waals surface area contributed by atoms with Gasteiger partial charge in [0.05, 0.1) is 25.3 Å². The standard InChI is InChI=1S/C23H23N3O5/c1-14(22(28)16(13-24)23-25-17-6-4-5-7-18(17)26-23)31-21(27)11-9-15-8-10-19(29-2)20(12-15)30-3/h4-8,10,12,14,28H,9,11H2,1-3H3,(H,25,26)/b22-16-/t14-/m0/s1. The number of aromatic nitrogens is 2. The summed E-state index contributed by atoms with van der Waals surface area (Å²) in [5.41, 5.74) is 2.20. The van der Waals surface area contributed by atoms with Crippen LogP contribution in [0.4, 0.5) is 0 Å². The molecule has 0 spiro atoms. The molecule has 0 unspecified atom stereocenters. The van der Waals surface area contributed by atoms with E-state index in [0.29, 0.717) is 23.4 Å². The van der Waals surface area contributed by atoms with Crippen LogP contribution in [-0.2, 0) is 16.0 Å². The molecule has 31 heavy (non-hydrogen) atoms. The van der Waals surface area contributed by atoms with E-state index in [1.807, 2.05) is 30.3 Å². The van der Waals surface area contributed by atoms with E-state index in [2.05, 4.69) is 9.97 Å². The number of nitriles is 1. The van der Waals surface area contributed by atoms with Crippen molar-refractivity contribution in [1.29, 1.82) is 5.26 Å². The lowest BCUT2D eigenvalue weighted by Crippen LogP contribution is -2.18. The number of ether oxygens (including phenoxy) is 3. The van der Waals surface area contributed by atoms with Gasteiger partial charge in [-0.2, -0.15) is 5.26 Å². The minimum Gasteiger partial charge on any atom is -0.507 e. The van der Waals surface area contributed by atoms with Crippen LogP contribution in [0, 0.1) is 11.3 Å². The number of aryl methyl sites for hydroxylation is 1. The molecule has 2 aromatic carbocycles. The summed E-state index contributed by atoms with van der Waals surface area (Å²) < 4.78 is 15.8. The maximum Gasteiger partial charge on any atom is 0.306 e. The summed E-state index contributed by atoms with van der Waals surface area (Å²) in [7, 11) is 3.10. The smallest absolute Gasteiger partial charge is 0.306 e. The van der Waals surface area contributed by atoms with Gasteiger partial charge >= 0.3 is 5.97 Å². The number of nitrogens with zero attached hydrogens (tertiary/aromatic N) is 2.